The van der Waals surface area contributed by atoms with Crippen molar-refractivity contribution in [3.63, 3.8) is 0 Å². The summed E-state index contributed by atoms with van der Waals surface area (Å²) in [6, 6.07) is 13.4. The lowest BCUT2D eigenvalue weighted by molar-refractivity contribution is 0.267. The molecule has 3 N–H and O–H groups in total. The largest absolute Gasteiger partial charge is 0.508 e. The third-order valence-corrected chi connectivity index (χ3v) is 4.44. The molecule has 0 radical (unpaired) electrons. The number of nitrogens with one attached hydrogen (secondary N) is 2. The normalized spacial score (nSPS) is 14.2. The summed E-state index contributed by atoms with van der Waals surface area (Å²) < 4.78 is 0. The van der Waals surface area contributed by atoms with E-state index in [0.717, 1.165) is 48.0 Å². The van der Waals surface area contributed by atoms with Crippen LogP contribution in [0.1, 0.15) is 11.1 Å². The highest BCUT2D eigenvalue weighted by Gasteiger charge is 2.16. The molecule has 4 rings (SSSR count). The van der Waals surface area contributed by atoms with Crippen LogP contribution in [-0.4, -0.2) is 33.1 Å². The van der Waals surface area contributed by atoms with E-state index in [1.807, 2.05) is 42.6 Å². The summed E-state index contributed by atoms with van der Waals surface area (Å²) in [7, 11) is 0. The number of rotatable bonds is 4. The predicted molar refractivity (Wildman–Crippen MR) is 102 cm³/mol. The highest BCUT2D eigenvalue weighted by Crippen LogP contribution is 2.26. The Hall–Kier alpha value is -3.12. The molecule has 3 aromatic rings. The fourth-order valence-electron chi connectivity index (χ4n) is 3.12. The molecule has 3 heterocycles. The molecule has 6 nitrogen and oxygen atoms in total. The molecule has 6 heteroatoms. The van der Waals surface area contributed by atoms with E-state index < -0.39 is 0 Å². The molecule has 26 heavy (non-hydrogen) atoms. The number of hydrogen-bond donors (Lipinski definition) is 3. The lowest BCUT2D eigenvalue weighted by atomic mass is 10.1. The predicted octanol–water partition coefficient (Wildman–Crippen LogP) is 3.35. The van der Waals surface area contributed by atoms with Crippen molar-refractivity contribution in [2.45, 2.75) is 13.1 Å². The van der Waals surface area contributed by atoms with Gasteiger partial charge in [-0.25, -0.2) is 4.98 Å². The summed E-state index contributed by atoms with van der Waals surface area (Å²) in [6.45, 7) is 3.24. The lowest BCUT2D eigenvalue weighted by Crippen LogP contribution is -2.25. The van der Waals surface area contributed by atoms with Gasteiger partial charge in [0.1, 0.15) is 11.6 Å². The molecule has 1 aliphatic heterocycles. The second-order valence-electron chi connectivity index (χ2n) is 6.36. The van der Waals surface area contributed by atoms with Crippen molar-refractivity contribution in [2.75, 3.05) is 23.7 Å². The Kier molecular flexibility index (Phi) is 4.66. The second-order valence-corrected chi connectivity index (χ2v) is 6.36. The third-order valence-electron chi connectivity index (χ3n) is 4.44. The number of para-hydroxylation sites is 1. The Labute approximate surface area is 152 Å². The number of anilines is 3. The highest BCUT2D eigenvalue weighted by molar-refractivity contribution is 5.63. The van der Waals surface area contributed by atoms with Crippen molar-refractivity contribution in [3.05, 3.63) is 72.2 Å². The Morgan fingerprint density at radius 3 is 2.92 bits per heavy atom. The van der Waals surface area contributed by atoms with Crippen LogP contribution in [-0.2, 0) is 13.1 Å². The monoisotopic (exact) mass is 347 g/mol. The van der Waals surface area contributed by atoms with Crippen LogP contribution >= 0.6 is 0 Å². The molecule has 0 atom stereocenters. The van der Waals surface area contributed by atoms with Crippen LogP contribution in [0.25, 0.3) is 0 Å². The Bertz CT molecular complexity index is 884. The maximum Gasteiger partial charge on any atom is 0.132 e. The van der Waals surface area contributed by atoms with Crippen LogP contribution in [0.2, 0.25) is 0 Å². The summed E-state index contributed by atoms with van der Waals surface area (Å²) in [4.78, 5) is 10.9. The first kappa shape index (κ1) is 16.4. The first-order chi connectivity index (χ1) is 12.8. The molecule has 2 aromatic heterocycles. The number of nitrogens with zero attached hydrogens (tertiary/aromatic N) is 3. The minimum absolute atomic E-state index is 0.346. The molecule has 0 unspecified atom stereocenters. The average Bonchev–Trinajstić information content (AvgIpc) is 2.86. The van der Waals surface area contributed by atoms with E-state index >= 15 is 0 Å². The summed E-state index contributed by atoms with van der Waals surface area (Å²) in [6.07, 6.45) is 5.43. The van der Waals surface area contributed by atoms with Gasteiger partial charge in [0.25, 0.3) is 0 Å². The zero-order valence-electron chi connectivity index (χ0n) is 14.4. The quantitative estimate of drug-likeness (QED) is 0.672. The van der Waals surface area contributed by atoms with E-state index in [9.17, 15) is 5.11 Å². The smallest absolute Gasteiger partial charge is 0.132 e. The average molecular weight is 347 g/mol. The van der Waals surface area contributed by atoms with Gasteiger partial charge in [-0.15, -0.1) is 0 Å². The van der Waals surface area contributed by atoms with Crippen LogP contribution in [0.3, 0.4) is 0 Å². The standard InChI is InChI=1S/C20H21N5O/c26-19-6-2-1-4-15(19)13-25-9-8-22-18-10-20(23-11-16(18)14-25)24-17-5-3-7-21-12-17/h1-7,10-12,22,26H,8-9,13-14H2,(H,23,24). The van der Waals surface area contributed by atoms with Gasteiger partial charge in [0.2, 0.25) is 0 Å². The molecule has 0 spiro atoms. The van der Waals surface area contributed by atoms with E-state index in [0.29, 0.717) is 12.3 Å². The van der Waals surface area contributed by atoms with E-state index in [-0.39, 0.29) is 0 Å². The highest BCUT2D eigenvalue weighted by atomic mass is 16.3. The van der Waals surface area contributed by atoms with Crippen molar-refractivity contribution in [1.29, 1.82) is 0 Å². The van der Waals surface area contributed by atoms with Crippen molar-refractivity contribution >= 4 is 17.2 Å². The maximum absolute atomic E-state index is 10.0. The molecule has 0 saturated carbocycles. The number of benzene rings is 1. The van der Waals surface area contributed by atoms with Crippen molar-refractivity contribution < 1.29 is 5.11 Å². The summed E-state index contributed by atoms with van der Waals surface area (Å²) in [5.41, 5.74) is 4.09. The minimum Gasteiger partial charge on any atom is -0.508 e. The Morgan fingerprint density at radius 2 is 2.08 bits per heavy atom. The van der Waals surface area contributed by atoms with Gasteiger partial charge in [0.05, 0.1) is 11.9 Å². The zero-order valence-corrected chi connectivity index (χ0v) is 14.4. The Morgan fingerprint density at radius 1 is 1.15 bits per heavy atom. The number of phenolic OH excluding ortho intramolecular Hbond substituents is 1. The van der Waals surface area contributed by atoms with Crippen molar-refractivity contribution in [1.82, 2.24) is 14.9 Å². The van der Waals surface area contributed by atoms with Crippen LogP contribution in [0.15, 0.2) is 61.1 Å². The number of hydrogen-bond acceptors (Lipinski definition) is 6. The lowest BCUT2D eigenvalue weighted by Gasteiger charge is -2.20. The topological polar surface area (TPSA) is 73.3 Å². The summed E-state index contributed by atoms with van der Waals surface area (Å²) in [5, 5.41) is 16.8. The first-order valence-electron chi connectivity index (χ1n) is 8.67. The summed E-state index contributed by atoms with van der Waals surface area (Å²) >= 11 is 0. The first-order valence-corrected chi connectivity index (χ1v) is 8.67. The zero-order chi connectivity index (χ0) is 17.8. The number of fused-ring (bicyclic) bond motifs is 1. The fourth-order valence-corrected chi connectivity index (χ4v) is 3.12. The molecule has 1 aliphatic rings. The maximum atomic E-state index is 10.0. The second kappa shape index (κ2) is 7.41. The molecular weight excluding hydrogens is 326 g/mol. The van der Waals surface area contributed by atoms with Gasteiger partial charge in [-0.3, -0.25) is 9.88 Å². The van der Waals surface area contributed by atoms with Gasteiger partial charge in [-0.05, 0) is 18.2 Å². The van der Waals surface area contributed by atoms with Crippen LogP contribution < -0.4 is 10.6 Å². The van der Waals surface area contributed by atoms with Crippen LogP contribution in [0.5, 0.6) is 5.75 Å². The fraction of sp³-hybridized carbons (Fsp3) is 0.200. The molecular formula is C20H21N5O. The van der Waals surface area contributed by atoms with E-state index in [2.05, 4.69) is 25.5 Å². The Balaban J connectivity index is 1.49. The van der Waals surface area contributed by atoms with Gasteiger partial charge in [0.15, 0.2) is 0 Å². The van der Waals surface area contributed by atoms with Crippen molar-refractivity contribution in [2.24, 2.45) is 0 Å². The SMILES string of the molecule is Oc1ccccc1CN1CCNc2cc(Nc3cccnc3)ncc2C1. The van der Waals surface area contributed by atoms with Crippen LogP contribution in [0.4, 0.5) is 17.2 Å². The molecule has 1 aromatic carbocycles. The molecule has 0 fully saturated rings. The van der Waals surface area contributed by atoms with Gasteiger partial charge in [0, 0.05) is 61.5 Å². The molecule has 0 amide bonds. The minimum atomic E-state index is 0.346. The van der Waals surface area contributed by atoms with Gasteiger partial charge in [-0.1, -0.05) is 18.2 Å². The third kappa shape index (κ3) is 3.75. The number of pyridine rings is 2. The van der Waals surface area contributed by atoms with E-state index in [1.165, 1.54) is 0 Å². The van der Waals surface area contributed by atoms with E-state index in [4.69, 9.17) is 0 Å². The van der Waals surface area contributed by atoms with E-state index in [1.54, 1.807) is 18.5 Å². The molecule has 132 valence electrons. The molecule has 0 saturated heterocycles. The number of aromatic nitrogens is 2. The molecule has 0 aliphatic carbocycles. The number of phenols is 1. The molecule has 0 bridgehead atoms. The van der Waals surface area contributed by atoms with Gasteiger partial charge >= 0.3 is 0 Å². The van der Waals surface area contributed by atoms with Gasteiger partial charge < -0.3 is 15.7 Å². The van der Waals surface area contributed by atoms with Crippen LogP contribution in [0, 0.1) is 0 Å². The summed E-state index contributed by atoms with van der Waals surface area (Å²) in [5.74, 6) is 1.14. The van der Waals surface area contributed by atoms with Crippen molar-refractivity contribution in [3.8, 4) is 5.75 Å². The number of aromatic hydroxyl groups is 1. The van der Waals surface area contributed by atoms with Gasteiger partial charge in [-0.2, -0.15) is 0 Å².